The van der Waals surface area contributed by atoms with Gasteiger partial charge in [-0.05, 0) is 116 Å². The van der Waals surface area contributed by atoms with Crippen LogP contribution in [0, 0.1) is 0 Å². The first-order chi connectivity index (χ1) is 24.6. The lowest BCUT2D eigenvalue weighted by molar-refractivity contribution is 0.584. The molecule has 0 atom stereocenters. The molecule has 0 saturated carbocycles. The van der Waals surface area contributed by atoms with Gasteiger partial charge in [-0.25, -0.2) is 0 Å². The lowest BCUT2D eigenvalue weighted by Gasteiger charge is -2.26. The first-order valence-electron chi connectivity index (χ1n) is 17.9. The van der Waals surface area contributed by atoms with Gasteiger partial charge in [-0.3, -0.25) is 0 Å². The zero-order valence-corrected chi connectivity index (χ0v) is 29.9. The molecule has 0 aliphatic heterocycles. The summed E-state index contributed by atoms with van der Waals surface area (Å²) in [5.74, 6) is 0. The van der Waals surface area contributed by atoms with Gasteiger partial charge in [-0.2, -0.15) is 0 Å². The minimum atomic E-state index is -0.0274. The van der Waals surface area contributed by atoms with Crippen LogP contribution in [0.15, 0.2) is 162 Å². The Kier molecular flexibility index (Phi) is 7.09. The van der Waals surface area contributed by atoms with Gasteiger partial charge in [0.2, 0.25) is 0 Å². The van der Waals surface area contributed by atoms with Crippen molar-refractivity contribution in [2.45, 2.75) is 45.4 Å². The molecule has 0 bridgehead atoms. The van der Waals surface area contributed by atoms with Crippen LogP contribution in [-0.2, 0) is 10.8 Å². The maximum absolute atomic E-state index is 6.08. The van der Waals surface area contributed by atoms with Crippen molar-refractivity contribution in [1.82, 2.24) is 0 Å². The van der Waals surface area contributed by atoms with Gasteiger partial charge in [0.25, 0.3) is 0 Å². The van der Waals surface area contributed by atoms with Gasteiger partial charge in [-0.1, -0.05) is 132 Å². The minimum absolute atomic E-state index is 0.0274. The molecule has 7 aromatic carbocycles. The predicted molar refractivity (Wildman–Crippen MR) is 216 cm³/mol. The average molecular weight is 660 g/mol. The van der Waals surface area contributed by atoms with Crippen molar-refractivity contribution >= 4 is 39.0 Å². The molecule has 0 N–H and O–H groups in total. The Labute approximate surface area is 300 Å². The Morgan fingerprint density at radius 3 is 1.71 bits per heavy atom. The van der Waals surface area contributed by atoms with Gasteiger partial charge in [0.15, 0.2) is 0 Å². The molecule has 1 heterocycles. The lowest BCUT2D eigenvalue weighted by Crippen LogP contribution is -2.17. The van der Waals surface area contributed by atoms with Crippen LogP contribution in [0.1, 0.15) is 51.3 Å². The fraction of sp³-hybridized carbons (Fsp3) is 0.143. The molecule has 0 radical (unpaired) electrons. The van der Waals surface area contributed by atoms with E-state index in [4.69, 9.17) is 4.42 Å². The summed E-state index contributed by atoms with van der Waals surface area (Å²) in [4.78, 5) is 2.33. The van der Waals surface area contributed by atoms with Gasteiger partial charge in [-0.15, -0.1) is 0 Å². The number of anilines is 3. The van der Waals surface area contributed by atoms with Crippen LogP contribution in [0.2, 0.25) is 0 Å². The highest BCUT2D eigenvalue weighted by molar-refractivity contribution is 6.06. The summed E-state index contributed by atoms with van der Waals surface area (Å²) in [6.45, 7) is 11.6. The van der Waals surface area contributed by atoms with E-state index in [1.54, 1.807) is 0 Å². The smallest absolute Gasteiger partial charge is 0.135 e. The highest BCUT2D eigenvalue weighted by atomic mass is 16.3. The van der Waals surface area contributed by atoms with E-state index < -0.39 is 0 Å². The van der Waals surface area contributed by atoms with E-state index in [-0.39, 0.29) is 10.8 Å². The van der Waals surface area contributed by atoms with Crippen LogP contribution in [0.5, 0.6) is 0 Å². The average Bonchev–Trinajstić information content (AvgIpc) is 3.63. The molecule has 8 aromatic rings. The van der Waals surface area contributed by atoms with Crippen molar-refractivity contribution < 1.29 is 4.42 Å². The van der Waals surface area contributed by atoms with E-state index >= 15 is 0 Å². The number of para-hydroxylation sites is 2. The Bertz CT molecular complexity index is 2560. The molecule has 248 valence electrons. The molecule has 1 aliphatic carbocycles. The summed E-state index contributed by atoms with van der Waals surface area (Å²) in [5.41, 5.74) is 17.0. The van der Waals surface area contributed by atoms with Gasteiger partial charge in [0.1, 0.15) is 11.2 Å². The van der Waals surface area contributed by atoms with Crippen LogP contribution in [0.25, 0.3) is 55.3 Å². The number of nitrogens with zero attached hydrogens (tertiary/aromatic N) is 1. The van der Waals surface area contributed by atoms with Gasteiger partial charge in [0, 0.05) is 33.2 Å². The maximum Gasteiger partial charge on any atom is 0.135 e. The van der Waals surface area contributed by atoms with Crippen molar-refractivity contribution in [3.63, 3.8) is 0 Å². The monoisotopic (exact) mass is 659 g/mol. The number of hydrogen-bond acceptors (Lipinski definition) is 2. The molecule has 1 aromatic heterocycles. The second-order valence-corrected chi connectivity index (χ2v) is 15.5. The molecule has 9 rings (SSSR count). The standard InChI is InChI=1S/C49H41NO/c1-48(2,3)36-21-26-40-42-29-34(19-27-44(42)49(4,5)45(40)31-36)32-15-22-38(23-16-32)50(37-11-7-6-8-12-37)39-24-17-33(18-25-39)35-20-28-47-43(30-35)41-13-9-10-14-46(41)51-47/h6-31H,1-5H3. The molecule has 0 amide bonds. The van der Waals surface area contributed by atoms with Crippen LogP contribution in [-0.4, -0.2) is 0 Å². The van der Waals surface area contributed by atoms with Gasteiger partial charge < -0.3 is 9.32 Å². The van der Waals surface area contributed by atoms with E-state index in [0.29, 0.717) is 0 Å². The molecule has 0 fully saturated rings. The first kappa shape index (κ1) is 31.1. The summed E-state index contributed by atoms with van der Waals surface area (Å²) >= 11 is 0. The predicted octanol–water partition coefficient (Wildman–Crippen LogP) is 14.0. The zero-order chi connectivity index (χ0) is 34.9. The number of hydrogen-bond donors (Lipinski definition) is 0. The number of benzene rings is 7. The molecule has 0 saturated heterocycles. The Morgan fingerprint density at radius 1 is 0.451 bits per heavy atom. The van der Waals surface area contributed by atoms with Crippen LogP contribution >= 0.6 is 0 Å². The summed E-state index contributed by atoms with van der Waals surface area (Å²) < 4.78 is 6.08. The third-order valence-corrected chi connectivity index (χ3v) is 10.9. The number of rotatable bonds is 5. The highest BCUT2D eigenvalue weighted by Crippen LogP contribution is 2.50. The number of fused-ring (bicyclic) bond motifs is 6. The molecule has 0 unspecified atom stereocenters. The van der Waals surface area contributed by atoms with Gasteiger partial charge >= 0.3 is 0 Å². The second kappa shape index (κ2) is 11.6. The first-order valence-corrected chi connectivity index (χ1v) is 17.9. The Morgan fingerprint density at radius 2 is 1.02 bits per heavy atom. The minimum Gasteiger partial charge on any atom is -0.456 e. The molecule has 51 heavy (non-hydrogen) atoms. The molecular formula is C49H41NO. The van der Waals surface area contributed by atoms with E-state index in [9.17, 15) is 0 Å². The van der Waals surface area contributed by atoms with Crippen LogP contribution in [0.4, 0.5) is 17.1 Å². The summed E-state index contributed by atoms with van der Waals surface area (Å²) in [5, 5.41) is 2.29. The van der Waals surface area contributed by atoms with Crippen molar-refractivity contribution in [3.05, 3.63) is 174 Å². The molecule has 2 heteroatoms. The zero-order valence-electron chi connectivity index (χ0n) is 29.9. The van der Waals surface area contributed by atoms with E-state index in [2.05, 4.69) is 185 Å². The lowest BCUT2D eigenvalue weighted by atomic mass is 9.79. The molecule has 0 spiro atoms. The van der Waals surface area contributed by atoms with Crippen molar-refractivity contribution in [2.24, 2.45) is 0 Å². The third kappa shape index (κ3) is 5.25. The van der Waals surface area contributed by atoms with E-state index in [1.807, 2.05) is 12.1 Å². The molecule has 2 nitrogen and oxygen atoms in total. The fourth-order valence-electron chi connectivity index (χ4n) is 7.94. The maximum atomic E-state index is 6.08. The van der Waals surface area contributed by atoms with E-state index in [1.165, 1.54) is 50.1 Å². The Balaban J connectivity index is 1.05. The van der Waals surface area contributed by atoms with Crippen molar-refractivity contribution in [3.8, 4) is 33.4 Å². The fourth-order valence-corrected chi connectivity index (χ4v) is 7.94. The van der Waals surface area contributed by atoms with Crippen LogP contribution in [0.3, 0.4) is 0 Å². The molecule has 1 aliphatic rings. The van der Waals surface area contributed by atoms with E-state index in [0.717, 1.165) is 39.0 Å². The summed E-state index contributed by atoms with van der Waals surface area (Å²) in [6, 6.07) is 57.4. The normalized spacial score (nSPS) is 13.4. The van der Waals surface area contributed by atoms with Crippen molar-refractivity contribution in [1.29, 1.82) is 0 Å². The Hall–Kier alpha value is -5.86. The second-order valence-electron chi connectivity index (χ2n) is 15.5. The van der Waals surface area contributed by atoms with Crippen LogP contribution < -0.4 is 4.90 Å². The third-order valence-electron chi connectivity index (χ3n) is 10.9. The molecular weight excluding hydrogens is 619 g/mol. The SMILES string of the molecule is CC(C)(C)c1ccc2c(c1)C(C)(C)c1ccc(-c3ccc(N(c4ccccc4)c4ccc(-c5ccc6oc7ccccc7c6c5)cc4)cc3)cc1-2. The van der Waals surface area contributed by atoms with Gasteiger partial charge in [0.05, 0.1) is 0 Å². The largest absolute Gasteiger partial charge is 0.456 e. The topological polar surface area (TPSA) is 16.4 Å². The summed E-state index contributed by atoms with van der Waals surface area (Å²) in [6.07, 6.45) is 0. The number of furan rings is 1. The quantitative estimate of drug-likeness (QED) is 0.183. The highest BCUT2D eigenvalue weighted by Gasteiger charge is 2.36. The van der Waals surface area contributed by atoms with Crippen molar-refractivity contribution in [2.75, 3.05) is 4.90 Å². The summed E-state index contributed by atoms with van der Waals surface area (Å²) in [7, 11) is 0.